The van der Waals surface area contributed by atoms with Crippen LogP contribution in [0.2, 0.25) is 0 Å². The van der Waals surface area contributed by atoms with E-state index in [4.69, 9.17) is 0 Å². The van der Waals surface area contributed by atoms with Gasteiger partial charge in [0.05, 0.1) is 39.0 Å². The highest BCUT2D eigenvalue weighted by Crippen LogP contribution is 2.24. The Bertz CT molecular complexity index is 799. The zero-order chi connectivity index (χ0) is 20.3. The maximum atomic E-state index is 12.6. The molecule has 28 heavy (non-hydrogen) atoms. The Morgan fingerprint density at radius 1 is 0.857 bits per heavy atom. The zero-order valence-electron chi connectivity index (χ0n) is 17.2. The number of aliphatic imine (C=N–C) groups is 2. The number of nitrogens with zero attached hydrogens (tertiary/aromatic N) is 6. The molecule has 8 nitrogen and oxygen atoms in total. The molecule has 1 aliphatic rings. The Morgan fingerprint density at radius 3 is 1.54 bits per heavy atom. The van der Waals surface area contributed by atoms with Crippen molar-refractivity contribution in [1.82, 2.24) is 9.13 Å². The van der Waals surface area contributed by atoms with Gasteiger partial charge < -0.3 is 10.2 Å². The third-order valence-corrected chi connectivity index (χ3v) is 5.48. The van der Waals surface area contributed by atoms with E-state index < -0.39 is 0 Å². The molecule has 0 N–H and O–H groups in total. The van der Waals surface area contributed by atoms with Crippen LogP contribution >= 0.6 is 0 Å². The summed E-state index contributed by atoms with van der Waals surface area (Å²) in [6.45, 7) is 5.50. The summed E-state index contributed by atoms with van der Waals surface area (Å²) in [5.41, 5.74) is 0. The second kappa shape index (κ2) is 8.58. The molecule has 0 aromatic carbocycles. The van der Waals surface area contributed by atoms with Crippen molar-refractivity contribution in [1.29, 1.82) is 0 Å². The second-order valence-corrected chi connectivity index (χ2v) is 7.37. The van der Waals surface area contributed by atoms with E-state index in [9.17, 15) is 10.2 Å². The topological polar surface area (TPSA) is 88.5 Å². The summed E-state index contributed by atoms with van der Waals surface area (Å²) in [7, 11) is 3.73. The molecule has 0 spiro atoms. The molecule has 0 amide bonds. The molecule has 0 saturated heterocycles. The average molecular weight is 387 g/mol. The highest BCUT2D eigenvalue weighted by molar-refractivity contribution is 5.86. The molecule has 8 heteroatoms. The molecule has 0 unspecified atom stereocenters. The lowest BCUT2D eigenvalue weighted by atomic mass is 9.92. The molecule has 2 aromatic heterocycles. The Hall–Kier alpha value is -2.64. The van der Waals surface area contributed by atoms with Crippen molar-refractivity contribution in [2.75, 3.05) is 0 Å². The Morgan fingerprint density at radius 2 is 1.21 bits per heavy atom. The van der Waals surface area contributed by atoms with Gasteiger partial charge in [0.15, 0.2) is 0 Å². The van der Waals surface area contributed by atoms with Crippen molar-refractivity contribution >= 4 is 11.8 Å². The summed E-state index contributed by atoms with van der Waals surface area (Å²) in [4.78, 5) is 8.87. The van der Waals surface area contributed by atoms with Crippen molar-refractivity contribution in [3.63, 3.8) is 0 Å². The van der Waals surface area contributed by atoms with Crippen molar-refractivity contribution < 1.29 is 19.3 Å². The molecule has 1 fully saturated rings. The van der Waals surface area contributed by atoms with Crippen LogP contribution < -0.4 is 19.3 Å². The van der Waals surface area contributed by atoms with Crippen molar-refractivity contribution in [2.24, 2.45) is 24.1 Å². The fraction of sp³-hybridized carbons (Fsp3) is 0.600. The first kappa shape index (κ1) is 20.1. The van der Waals surface area contributed by atoms with Crippen LogP contribution in [0.5, 0.6) is 0 Å². The monoisotopic (exact) mass is 386 g/mol. The van der Waals surface area contributed by atoms with Crippen LogP contribution in [-0.4, -0.2) is 33.0 Å². The van der Waals surface area contributed by atoms with E-state index >= 15 is 0 Å². The quantitative estimate of drug-likeness (QED) is 0.370. The van der Waals surface area contributed by atoms with E-state index in [0.29, 0.717) is 11.6 Å². The molecule has 0 radical (unpaired) electrons. The van der Waals surface area contributed by atoms with Crippen LogP contribution in [0, 0.1) is 0 Å². The molecule has 1 aliphatic carbocycles. The highest BCUT2D eigenvalue weighted by Gasteiger charge is 2.23. The van der Waals surface area contributed by atoms with Crippen molar-refractivity contribution in [3.8, 4) is 0 Å². The lowest BCUT2D eigenvalue weighted by Crippen LogP contribution is -2.41. The van der Waals surface area contributed by atoms with Gasteiger partial charge in [0, 0.05) is 12.1 Å². The number of aromatic nitrogens is 4. The SMILES string of the molecule is CCn1cc[n+](C)c1C([O-])=NC1CCC(N=C([O-])c2n(CC)cc[n+]2C)CC1. The summed E-state index contributed by atoms with van der Waals surface area (Å²) >= 11 is 0. The van der Waals surface area contributed by atoms with Gasteiger partial charge in [0.1, 0.15) is 24.8 Å². The van der Waals surface area contributed by atoms with E-state index in [0.717, 1.165) is 38.8 Å². The summed E-state index contributed by atoms with van der Waals surface area (Å²) in [5.74, 6) is 0.881. The van der Waals surface area contributed by atoms with E-state index in [1.54, 1.807) is 0 Å². The molecular formula is C20H30N6O2. The summed E-state index contributed by atoms with van der Waals surface area (Å²) in [6.07, 6.45) is 10.7. The minimum Gasteiger partial charge on any atom is -0.853 e. The normalized spacial score (nSPS) is 21.3. The van der Waals surface area contributed by atoms with Crippen LogP contribution in [0.4, 0.5) is 0 Å². The van der Waals surface area contributed by atoms with Crippen molar-refractivity contribution in [3.05, 3.63) is 36.4 Å². The van der Waals surface area contributed by atoms with Crippen molar-refractivity contribution in [2.45, 2.75) is 64.7 Å². The summed E-state index contributed by atoms with van der Waals surface area (Å²) in [5, 5.41) is 25.2. The molecule has 152 valence electrons. The van der Waals surface area contributed by atoms with Crippen LogP contribution in [0.3, 0.4) is 0 Å². The fourth-order valence-electron chi connectivity index (χ4n) is 3.87. The Kier molecular flexibility index (Phi) is 6.16. The first-order valence-electron chi connectivity index (χ1n) is 10.0. The number of imidazole rings is 2. The summed E-state index contributed by atoms with van der Waals surface area (Å²) < 4.78 is 7.46. The molecule has 0 bridgehead atoms. The van der Waals surface area contributed by atoms with Crippen LogP contribution in [0.15, 0.2) is 34.8 Å². The van der Waals surface area contributed by atoms with Gasteiger partial charge in [0.2, 0.25) is 0 Å². The molecule has 0 atom stereocenters. The fourth-order valence-corrected chi connectivity index (χ4v) is 3.87. The standard InChI is InChI=1S/C20H30N6O2/c1-5-25-13-11-23(3)19(25)17(27)21-15-7-9-16(10-8-15)22-18(28)20-24(4)12-14-26(20)6-2/h11-16H,5-10H2,1-4H3. The molecule has 3 rings (SSSR count). The molecule has 0 aliphatic heterocycles. The number of hydrogen-bond donors (Lipinski definition) is 0. The minimum absolute atomic E-state index is 0.00451. The van der Waals surface area contributed by atoms with Crippen LogP contribution in [-0.2, 0) is 27.2 Å². The van der Waals surface area contributed by atoms with E-state index in [1.807, 2.05) is 71.0 Å². The lowest BCUT2D eigenvalue weighted by molar-refractivity contribution is -0.674. The maximum absolute atomic E-state index is 12.6. The smallest absolute Gasteiger partial charge is 0.291 e. The van der Waals surface area contributed by atoms with Gasteiger partial charge in [-0.05, 0) is 39.5 Å². The summed E-state index contributed by atoms with van der Waals surface area (Å²) in [6, 6.07) is 0.00902. The first-order chi connectivity index (χ1) is 13.4. The maximum Gasteiger partial charge on any atom is 0.291 e. The molecule has 1 saturated carbocycles. The minimum atomic E-state index is -0.168. The van der Waals surface area contributed by atoms with Gasteiger partial charge in [-0.25, -0.2) is 18.3 Å². The number of aryl methyl sites for hydroxylation is 4. The molecule has 2 heterocycles. The zero-order valence-corrected chi connectivity index (χ0v) is 17.2. The van der Waals surface area contributed by atoms with Gasteiger partial charge in [-0.2, -0.15) is 0 Å². The van der Waals surface area contributed by atoms with Gasteiger partial charge in [-0.1, -0.05) is 0 Å². The van der Waals surface area contributed by atoms with Gasteiger partial charge in [0.25, 0.3) is 11.6 Å². The number of hydrogen-bond acceptors (Lipinski definition) is 4. The van der Waals surface area contributed by atoms with E-state index in [-0.39, 0.29) is 23.9 Å². The van der Waals surface area contributed by atoms with E-state index in [2.05, 4.69) is 9.98 Å². The first-order valence-corrected chi connectivity index (χ1v) is 10.0. The van der Waals surface area contributed by atoms with Crippen LogP contribution in [0.25, 0.3) is 0 Å². The Balaban J connectivity index is 1.66. The number of rotatable bonds is 6. The van der Waals surface area contributed by atoms with Gasteiger partial charge in [-0.15, -0.1) is 0 Å². The third kappa shape index (κ3) is 4.10. The molecular weight excluding hydrogens is 356 g/mol. The largest absolute Gasteiger partial charge is 0.853 e. The van der Waals surface area contributed by atoms with Gasteiger partial charge in [-0.3, -0.25) is 9.98 Å². The average Bonchev–Trinajstić information content (AvgIpc) is 3.25. The van der Waals surface area contributed by atoms with Gasteiger partial charge >= 0.3 is 0 Å². The highest BCUT2D eigenvalue weighted by atomic mass is 16.3. The predicted octanol–water partition coefficient (Wildman–Crippen LogP) is -0.796. The Labute approximate surface area is 166 Å². The second-order valence-electron chi connectivity index (χ2n) is 7.37. The predicted molar refractivity (Wildman–Crippen MR) is 102 cm³/mol. The van der Waals surface area contributed by atoms with Crippen LogP contribution in [0.1, 0.15) is 51.2 Å². The third-order valence-electron chi connectivity index (χ3n) is 5.48. The molecule has 2 aromatic rings. The lowest BCUT2D eigenvalue weighted by Gasteiger charge is -2.26. The van der Waals surface area contributed by atoms with E-state index in [1.165, 1.54) is 0 Å².